The Labute approximate surface area is 147 Å². The maximum Gasteiger partial charge on any atom is 0.374 e. The quantitative estimate of drug-likeness (QED) is 0.730. The largest absolute Gasteiger partial charge is 0.497 e. The number of esters is 1. The van der Waals surface area contributed by atoms with Crippen LogP contribution in [0.1, 0.15) is 28.0 Å². The Balaban J connectivity index is 1.93. The van der Waals surface area contributed by atoms with Gasteiger partial charge in [-0.2, -0.15) is 0 Å². The van der Waals surface area contributed by atoms with E-state index in [2.05, 4.69) is 9.97 Å². The summed E-state index contributed by atoms with van der Waals surface area (Å²) < 4.78 is 10.2. The summed E-state index contributed by atoms with van der Waals surface area (Å²) in [5.74, 6) is 0.143. The molecule has 0 aliphatic heterocycles. The highest BCUT2D eigenvalue weighted by atomic mass is 32.1. The molecule has 0 radical (unpaired) electrons. The first kappa shape index (κ1) is 15.8. The minimum atomic E-state index is -0.613. The van der Waals surface area contributed by atoms with Gasteiger partial charge in [-0.3, -0.25) is 4.79 Å². The van der Waals surface area contributed by atoms with Gasteiger partial charge in [0.1, 0.15) is 10.6 Å². The smallest absolute Gasteiger partial charge is 0.374 e. The number of ether oxygens (including phenoxy) is 2. The second-order valence-electron chi connectivity index (χ2n) is 5.74. The summed E-state index contributed by atoms with van der Waals surface area (Å²) in [4.78, 5) is 33.1. The van der Waals surface area contributed by atoms with Crippen LogP contribution in [0.5, 0.6) is 5.75 Å². The van der Waals surface area contributed by atoms with E-state index in [1.165, 1.54) is 11.3 Å². The summed E-state index contributed by atoms with van der Waals surface area (Å²) in [6.07, 6.45) is 1.72. The van der Waals surface area contributed by atoms with Crippen molar-refractivity contribution in [2.75, 3.05) is 13.7 Å². The van der Waals surface area contributed by atoms with Crippen molar-refractivity contribution in [3.8, 4) is 16.9 Å². The van der Waals surface area contributed by atoms with E-state index in [4.69, 9.17) is 9.47 Å². The molecule has 1 aliphatic rings. The summed E-state index contributed by atoms with van der Waals surface area (Å²) in [6, 6.07) is 5.89. The van der Waals surface area contributed by atoms with Gasteiger partial charge in [0, 0.05) is 10.4 Å². The molecule has 0 amide bonds. The maximum absolute atomic E-state index is 12.7. The first-order valence-electron chi connectivity index (χ1n) is 8.02. The summed E-state index contributed by atoms with van der Waals surface area (Å²) in [6.45, 7) is 1.94. The van der Waals surface area contributed by atoms with Gasteiger partial charge in [-0.1, -0.05) is 6.07 Å². The molecule has 1 aliphatic carbocycles. The molecule has 0 spiro atoms. The lowest BCUT2D eigenvalue weighted by molar-refractivity contribution is 0.0512. The van der Waals surface area contributed by atoms with Crippen molar-refractivity contribution >= 4 is 27.5 Å². The molecule has 1 N–H and O–H groups in total. The number of thiophene rings is 1. The predicted octanol–water partition coefficient (Wildman–Crippen LogP) is 2.94. The molecule has 4 rings (SSSR count). The molecule has 1 aromatic carbocycles. The highest BCUT2D eigenvalue weighted by Gasteiger charge is 2.25. The normalized spacial score (nSPS) is 12.6. The number of aromatic nitrogens is 2. The van der Waals surface area contributed by atoms with Crippen molar-refractivity contribution in [3.63, 3.8) is 0 Å². The average molecular weight is 356 g/mol. The van der Waals surface area contributed by atoms with Crippen LogP contribution in [-0.2, 0) is 17.6 Å². The highest BCUT2D eigenvalue weighted by Crippen LogP contribution is 2.42. The molecule has 3 aromatic rings. The topological polar surface area (TPSA) is 81.3 Å². The number of aromatic amines is 1. The molecule has 0 saturated heterocycles. The van der Waals surface area contributed by atoms with Crippen molar-refractivity contribution in [2.24, 2.45) is 0 Å². The van der Waals surface area contributed by atoms with Crippen LogP contribution in [0.15, 0.2) is 23.0 Å². The van der Waals surface area contributed by atoms with Crippen LogP contribution in [0.25, 0.3) is 21.3 Å². The summed E-state index contributed by atoms with van der Waals surface area (Å²) >= 11 is 1.47. The Morgan fingerprint density at radius 2 is 2.20 bits per heavy atom. The molecule has 0 atom stereocenters. The molecule has 2 heterocycles. The molecule has 0 fully saturated rings. The fourth-order valence-electron chi connectivity index (χ4n) is 3.21. The SMILES string of the molecule is CCOC(=O)c1nc2sc3c(c2c(=O)[nH]1)-c1ccc(OC)cc1CC3. The standard InChI is InChI=1S/C18H16N2O4S/c1-3-24-18(22)15-19-16(21)14-13-11-6-5-10(23-2)8-9(11)4-7-12(13)25-17(14)20-15/h5-6,8H,3-4,7H2,1-2H3,(H,19,20,21). The Morgan fingerprint density at radius 3 is 2.96 bits per heavy atom. The number of benzene rings is 1. The molecule has 6 nitrogen and oxygen atoms in total. The first-order chi connectivity index (χ1) is 12.1. The molecule has 0 unspecified atom stereocenters. The van der Waals surface area contributed by atoms with E-state index in [9.17, 15) is 9.59 Å². The van der Waals surface area contributed by atoms with Gasteiger partial charge in [0.15, 0.2) is 0 Å². The lowest BCUT2D eigenvalue weighted by Gasteiger charge is -2.17. The van der Waals surface area contributed by atoms with Crippen LogP contribution in [0, 0.1) is 0 Å². The molecular weight excluding hydrogens is 340 g/mol. The number of carbonyl (C=O) groups is 1. The molecule has 7 heteroatoms. The molecule has 2 aromatic heterocycles. The Hall–Kier alpha value is -2.67. The van der Waals surface area contributed by atoms with Crippen molar-refractivity contribution in [3.05, 3.63) is 44.8 Å². The van der Waals surface area contributed by atoms with Crippen LogP contribution in [0.3, 0.4) is 0 Å². The Bertz CT molecular complexity index is 1050. The number of rotatable bonds is 3. The molecule has 0 saturated carbocycles. The third-order valence-corrected chi connectivity index (χ3v) is 5.45. The number of hydrogen-bond acceptors (Lipinski definition) is 6. The zero-order chi connectivity index (χ0) is 17.6. The highest BCUT2D eigenvalue weighted by molar-refractivity contribution is 7.19. The zero-order valence-corrected chi connectivity index (χ0v) is 14.7. The van der Waals surface area contributed by atoms with E-state index in [1.807, 2.05) is 18.2 Å². The average Bonchev–Trinajstić information content (AvgIpc) is 3.00. The number of fused-ring (bicyclic) bond motifs is 5. The second kappa shape index (κ2) is 6.00. The van der Waals surface area contributed by atoms with E-state index < -0.39 is 5.97 Å². The van der Waals surface area contributed by atoms with Crippen LogP contribution in [0.4, 0.5) is 0 Å². The summed E-state index contributed by atoms with van der Waals surface area (Å²) in [5.41, 5.74) is 2.80. The van der Waals surface area contributed by atoms with Gasteiger partial charge >= 0.3 is 5.97 Å². The first-order valence-corrected chi connectivity index (χ1v) is 8.84. The van der Waals surface area contributed by atoms with Crippen LogP contribution >= 0.6 is 11.3 Å². The van der Waals surface area contributed by atoms with E-state index in [-0.39, 0.29) is 18.0 Å². The van der Waals surface area contributed by atoms with Crippen LogP contribution in [0.2, 0.25) is 0 Å². The predicted molar refractivity (Wildman–Crippen MR) is 95.6 cm³/mol. The Morgan fingerprint density at radius 1 is 1.36 bits per heavy atom. The van der Waals surface area contributed by atoms with Gasteiger partial charge in [-0.05, 0) is 43.0 Å². The molecule has 25 heavy (non-hydrogen) atoms. The van der Waals surface area contributed by atoms with Crippen molar-refractivity contribution in [2.45, 2.75) is 19.8 Å². The third kappa shape index (κ3) is 2.51. The van der Waals surface area contributed by atoms with Gasteiger partial charge in [0.05, 0.1) is 19.1 Å². The Kier molecular flexibility index (Phi) is 3.80. The number of carbonyl (C=O) groups excluding carboxylic acids is 1. The van der Waals surface area contributed by atoms with Crippen molar-refractivity contribution in [1.82, 2.24) is 9.97 Å². The van der Waals surface area contributed by atoms with Gasteiger partial charge in [-0.15, -0.1) is 11.3 Å². The number of hydrogen-bond donors (Lipinski definition) is 1. The van der Waals surface area contributed by atoms with Crippen molar-refractivity contribution < 1.29 is 14.3 Å². The molecule has 0 bridgehead atoms. The van der Waals surface area contributed by atoms with Crippen LogP contribution in [-0.4, -0.2) is 29.7 Å². The van der Waals surface area contributed by atoms with E-state index >= 15 is 0 Å². The fourth-order valence-corrected chi connectivity index (χ4v) is 4.39. The lowest BCUT2D eigenvalue weighted by atomic mass is 9.89. The monoisotopic (exact) mass is 356 g/mol. The van der Waals surface area contributed by atoms with Gasteiger partial charge in [-0.25, -0.2) is 9.78 Å². The lowest BCUT2D eigenvalue weighted by Crippen LogP contribution is -2.17. The summed E-state index contributed by atoms with van der Waals surface area (Å²) in [7, 11) is 1.64. The minimum Gasteiger partial charge on any atom is -0.497 e. The molecular formula is C18H16N2O4S. The number of methoxy groups -OCH3 is 1. The third-order valence-electron chi connectivity index (χ3n) is 4.31. The van der Waals surface area contributed by atoms with Crippen LogP contribution < -0.4 is 10.3 Å². The maximum atomic E-state index is 12.7. The fraction of sp³-hybridized carbons (Fsp3) is 0.278. The van der Waals surface area contributed by atoms with E-state index in [0.29, 0.717) is 10.2 Å². The van der Waals surface area contributed by atoms with Gasteiger partial charge < -0.3 is 14.5 Å². The van der Waals surface area contributed by atoms with Gasteiger partial charge in [0.2, 0.25) is 5.82 Å². The number of H-pyrrole nitrogens is 1. The zero-order valence-electron chi connectivity index (χ0n) is 13.8. The molecule has 128 valence electrons. The minimum absolute atomic E-state index is 0.0482. The van der Waals surface area contributed by atoms with Crippen molar-refractivity contribution in [1.29, 1.82) is 0 Å². The van der Waals surface area contributed by atoms with Gasteiger partial charge in [0.25, 0.3) is 5.56 Å². The second-order valence-corrected chi connectivity index (χ2v) is 6.82. The summed E-state index contributed by atoms with van der Waals surface area (Å²) in [5, 5.41) is 0.541. The number of aryl methyl sites for hydroxylation is 2. The van der Waals surface area contributed by atoms with E-state index in [0.717, 1.165) is 40.2 Å². The number of nitrogens with one attached hydrogen (secondary N) is 1. The van der Waals surface area contributed by atoms with E-state index in [1.54, 1.807) is 14.0 Å². The number of nitrogens with zero attached hydrogens (tertiary/aromatic N) is 1.